The molecule has 4 N–H and O–H groups in total. The Hall–Kier alpha value is -1.61. The maximum Gasteiger partial charge on any atom is 0.104 e. The third-order valence-electron chi connectivity index (χ3n) is 2.20. The van der Waals surface area contributed by atoms with Gasteiger partial charge in [0.15, 0.2) is 0 Å². The number of thiocarbonyl (C=S) groups is 1. The predicted octanol–water partition coefficient (Wildman–Crippen LogP) is 2.06. The lowest BCUT2D eigenvalue weighted by molar-refractivity contribution is 1.67. The highest BCUT2D eigenvalue weighted by molar-refractivity contribution is 7.80. The van der Waals surface area contributed by atoms with Crippen molar-refractivity contribution >= 4 is 33.7 Å². The molecule has 2 aromatic carbocycles. The molecule has 0 amide bonds. The van der Waals surface area contributed by atoms with E-state index in [1.165, 1.54) is 0 Å². The van der Waals surface area contributed by atoms with Gasteiger partial charge in [0.25, 0.3) is 0 Å². The fourth-order valence-corrected chi connectivity index (χ4v) is 1.75. The molecule has 0 fully saturated rings. The zero-order chi connectivity index (χ0) is 10.1. The largest absolute Gasteiger partial charge is 0.398 e. The summed E-state index contributed by atoms with van der Waals surface area (Å²) in [6.45, 7) is 0. The molecule has 70 valence electrons. The number of nitrogen functional groups attached to an aromatic ring is 1. The second kappa shape index (κ2) is 3.27. The minimum Gasteiger partial charge on any atom is -0.398 e. The average molecular weight is 202 g/mol. The predicted molar refractivity (Wildman–Crippen MR) is 64.2 cm³/mol. The number of anilines is 1. The second-order valence-electron chi connectivity index (χ2n) is 3.12. The molecule has 0 aliphatic rings. The Kier molecular flexibility index (Phi) is 2.09. The third-order valence-corrected chi connectivity index (χ3v) is 2.42. The van der Waals surface area contributed by atoms with Crippen molar-refractivity contribution in [2.24, 2.45) is 5.73 Å². The minimum atomic E-state index is 0.383. The van der Waals surface area contributed by atoms with Crippen LogP contribution in [0.3, 0.4) is 0 Å². The van der Waals surface area contributed by atoms with Gasteiger partial charge in [-0.25, -0.2) is 0 Å². The maximum atomic E-state index is 5.88. The molecule has 0 radical (unpaired) electrons. The van der Waals surface area contributed by atoms with Crippen LogP contribution in [0.5, 0.6) is 0 Å². The lowest BCUT2D eigenvalue weighted by Gasteiger charge is -2.06. The Balaban J connectivity index is 2.91. The van der Waals surface area contributed by atoms with Gasteiger partial charge in [0.2, 0.25) is 0 Å². The highest BCUT2D eigenvalue weighted by Gasteiger charge is 2.05. The molecule has 0 bridgehead atoms. The zero-order valence-electron chi connectivity index (χ0n) is 7.53. The van der Waals surface area contributed by atoms with E-state index in [1.54, 1.807) is 0 Å². The van der Waals surface area contributed by atoms with Gasteiger partial charge < -0.3 is 11.5 Å². The molecule has 0 saturated heterocycles. The Labute approximate surface area is 87.5 Å². The summed E-state index contributed by atoms with van der Waals surface area (Å²) in [6, 6.07) is 11.6. The summed E-state index contributed by atoms with van der Waals surface area (Å²) in [5.41, 5.74) is 13.1. The van der Waals surface area contributed by atoms with Gasteiger partial charge in [0.05, 0.1) is 0 Å². The van der Waals surface area contributed by atoms with E-state index in [9.17, 15) is 0 Å². The van der Waals surface area contributed by atoms with Crippen LogP contribution in [-0.2, 0) is 0 Å². The van der Waals surface area contributed by atoms with Crippen LogP contribution in [0.15, 0.2) is 36.4 Å². The van der Waals surface area contributed by atoms with Crippen molar-refractivity contribution in [3.63, 3.8) is 0 Å². The van der Waals surface area contributed by atoms with Crippen LogP contribution in [0.2, 0.25) is 0 Å². The summed E-state index contributed by atoms with van der Waals surface area (Å²) in [7, 11) is 0. The summed E-state index contributed by atoms with van der Waals surface area (Å²) in [6.07, 6.45) is 0. The Morgan fingerprint density at radius 3 is 2.36 bits per heavy atom. The van der Waals surface area contributed by atoms with Crippen molar-refractivity contribution in [3.8, 4) is 0 Å². The Morgan fingerprint density at radius 1 is 1.07 bits per heavy atom. The molecule has 2 rings (SSSR count). The Bertz CT molecular complexity index is 500. The molecule has 0 saturated carbocycles. The van der Waals surface area contributed by atoms with Gasteiger partial charge in [0.1, 0.15) is 4.99 Å². The molecule has 0 spiro atoms. The van der Waals surface area contributed by atoms with E-state index in [0.717, 1.165) is 16.3 Å². The van der Waals surface area contributed by atoms with Crippen LogP contribution in [0, 0.1) is 0 Å². The standard InChI is InChI=1S/C11H10N2S/c12-9-6-2-4-7-3-1-5-8(10(7)9)11(13)14/h1-6H,12H2,(H2,13,14). The summed E-state index contributed by atoms with van der Waals surface area (Å²) in [4.78, 5) is 0.383. The first-order valence-corrected chi connectivity index (χ1v) is 4.68. The molecule has 2 nitrogen and oxygen atoms in total. The lowest BCUT2D eigenvalue weighted by atomic mass is 10.0. The van der Waals surface area contributed by atoms with E-state index in [4.69, 9.17) is 23.7 Å². The molecule has 3 heteroatoms. The van der Waals surface area contributed by atoms with Crippen molar-refractivity contribution in [2.45, 2.75) is 0 Å². The van der Waals surface area contributed by atoms with Gasteiger partial charge in [-0.1, -0.05) is 42.5 Å². The molecule has 0 aliphatic carbocycles. The molecular formula is C11H10N2S. The molecule has 0 unspecified atom stereocenters. The maximum absolute atomic E-state index is 5.88. The number of fused-ring (bicyclic) bond motifs is 1. The highest BCUT2D eigenvalue weighted by atomic mass is 32.1. The summed E-state index contributed by atoms with van der Waals surface area (Å²) in [5, 5.41) is 2.01. The molecular weight excluding hydrogens is 192 g/mol. The molecule has 14 heavy (non-hydrogen) atoms. The van der Waals surface area contributed by atoms with E-state index in [0.29, 0.717) is 10.7 Å². The van der Waals surface area contributed by atoms with Crippen LogP contribution in [0.25, 0.3) is 10.8 Å². The normalized spacial score (nSPS) is 10.3. The fraction of sp³-hybridized carbons (Fsp3) is 0. The van der Waals surface area contributed by atoms with E-state index in [-0.39, 0.29) is 0 Å². The first-order chi connectivity index (χ1) is 6.70. The first kappa shape index (κ1) is 8.97. The van der Waals surface area contributed by atoms with Crippen LogP contribution in [0.1, 0.15) is 5.56 Å². The molecule has 2 aromatic rings. The zero-order valence-corrected chi connectivity index (χ0v) is 8.34. The summed E-state index contributed by atoms with van der Waals surface area (Å²) < 4.78 is 0. The summed E-state index contributed by atoms with van der Waals surface area (Å²) in [5.74, 6) is 0. The van der Waals surface area contributed by atoms with E-state index >= 15 is 0 Å². The number of benzene rings is 2. The quantitative estimate of drug-likeness (QED) is 0.549. The van der Waals surface area contributed by atoms with Gasteiger partial charge in [-0.05, 0) is 11.5 Å². The van der Waals surface area contributed by atoms with Gasteiger partial charge in [-0.15, -0.1) is 0 Å². The molecule has 0 atom stereocenters. The van der Waals surface area contributed by atoms with Gasteiger partial charge in [0, 0.05) is 16.6 Å². The molecule has 0 heterocycles. The number of hydrogen-bond donors (Lipinski definition) is 2. The fourth-order valence-electron chi connectivity index (χ4n) is 1.58. The topological polar surface area (TPSA) is 52.0 Å². The average Bonchev–Trinajstić information content (AvgIpc) is 2.17. The van der Waals surface area contributed by atoms with Crippen molar-refractivity contribution in [1.29, 1.82) is 0 Å². The van der Waals surface area contributed by atoms with Gasteiger partial charge in [-0.2, -0.15) is 0 Å². The monoisotopic (exact) mass is 202 g/mol. The van der Waals surface area contributed by atoms with Gasteiger partial charge >= 0.3 is 0 Å². The van der Waals surface area contributed by atoms with E-state index < -0.39 is 0 Å². The van der Waals surface area contributed by atoms with Crippen LogP contribution >= 0.6 is 12.2 Å². The first-order valence-electron chi connectivity index (χ1n) is 4.27. The minimum absolute atomic E-state index is 0.383. The van der Waals surface area contributed by atoms with E-state index in [2.05, 4.69) is 0 Å². The second-order valence-corrected chi connectivity index (χ2v) is 3.56. The van der Waals surface area contributed by atoms with Crippen LogP contribution < -0.4 is 11.5 Å². The SMILES string of the molecule is NC(=S)c1cccc2cccc(N)c12. The van der Waals surface area contributed by atoms with Gasteiger partial charge in [-0.3, -0.25) is 0 Å². The van der Waals surface area contributed by atoms with Crippen molar-refractivity contribution in [3.05, 3.63) is 42.0 Å². The summed E-state index contributed by atoms with van der Waals surface area (Å²) >= 11 is 4.97. The highest BCUT2D eigenvalue weighted by Crippen LogP contribution is 2.24. The van der Waals surface area contributed by atoms with Crippen LogP contribution in [0.4, 0.5) is 5.69 Å². The van der Waals surface area contributed by atoms with Crippen molar-refractivity contribution in [2.75, 3.05) is 5.73 Å². The molecule has 0 aromatic heterocycles. The van der Waals surface area contributed by atoms with Crippen LogP contribution in [-0.4, -0.2) is 4.99 Å². The third kappa shape index (κ3) is 1.32. The number of hydrogen-bond acceptors (Lipinski definition) is 2. The number of rotatable bonds is 1. The van der Waals surface area contributed by atoms with E-state index in [1.807, 2.05) is 36.4 Å². The molecule has 0 aliphatic heterocycles. The smallest absolute Gasteiger partial charge is 0.104 e. The Morgan fingerprint density at radius 2 is 1.71 bits per heavy atom. The lowest BCUT2D eigenvalue weighted by Crippen LogP contribution is -2.10. The van der Waals surface area contributed by atoms with Crippen molar-refractivity contribution in [1.82, 2.24) is 0 Å². The number of nitrogens with two attached hydrogens (primary N) is 2. The van der Waals surface area contributed by atoms with Crippen molar-refractivity contribution < 1.29 is 0 Å².